The van der Waals surface area contributed by atoms with Gasteiger partial charge in [0.15, 0.2) is 0 Å². The van der Waals surface area contributed by atoms with Gasteiger partial charge in [0.25, 0.3) is 0 Å². The predicted octanol–water partition coefficient (Wildman–Crippen LogP) is 3.37. The van der Waals surface area contributed by atoms with Crippen molar-refractivity contribution in [2.24, 2.45) is 17.3 Å². The molecule has 1 nitrogen and oxygen atoms in total. The molecule has 0 aromatic heterocycles. The van der Waals surface area contributed by atoms with Gasteiger partial charge in [-0.2, -0.15) is 0 Å². The van der Waals surface area contributed by atoms with Crippen LogP contribution in [0.5, 0.6) is 0 Å². The Labute approximate surface area is 91.9 Å². The first-order valence-corrected chi connectivity index (χ1v) is 6.09. The molecule has 3 atom stereocenters. The lowest BCUT2D eigenvalue weighted by Gasteiger charge is -2.36. The van der Waals surface area contributed by atoms with Crippen molar-refractivity contribution >= 4 is 0 Å². The summed E-state index contributed by atoms with van der Waals surface area (Å²) >= 11 is 0. The van der Waals surface area contributed by atoms with Crippen LogP contribution >= 0.6 is 0 Å². The Balaban J connectivity index is 1.90. The molecule has 0 radical (unpaired) electrons. The van der Waals surface area contributed by atoms with Crippen LogP contribution in [0.2, 0.25) is 0 Å². The van der Waals surface area contributed by atoms with Crippen molar-refractivity contribution in [3.8, 4) is 0 Å². The second-order valence-electron chi connectivity index (χ2n) is 5.47. The number of fused-ring (bicyclic) bond motifs is 2. The molecule has 2 bridgehead atoms. The molecular weight excluding hydrogens is 182 g/mol. The minimum Gasteiger partial charge on any atom is -0.365 e. The molecule has 3 unspecified atom stereocenters. The predicted molar refractivity (Wildman–Crippen MR) is 63.1 cm³/mol. The van der Waals surface area contributed by atoms with Gasteiger partial charge in [-0.05, 0) is 43.3 Å². The number of hydrogen-bond acceptors (Lipinski definition) is 1. The summed E-state index contributed by atoms with van der Waals surface area (Å²) in [6.45, 7) is 2.45. The average Bonchev–Trinajstić information content (AvgIpc) is 2.69. The minimum absolute atomic E-state index is 0.419. The summed E-state index contributed by atoms with van der Waals surface area (Å²) in [6, 6.07) is 0. The lowest BCUT2D eigenvalue weighted by molar-refractivity contribution is 0.231. The van der Waals surface area contributed by atoms with Crippen molar-refractivity contribution in [1.29, 1.82) is 0 Å². The van der Waals surface area contributed by atoms with Crippen LogP contribution in [0, 0.1) is 17.3 Å². The summed E-state index contributed by atoms with van der Waals surface area (Å²) in [4.78, 5) is 0. The van der Waals surface area contributed by atoms with Crippen LogP contribution < -0.4 is 5.32 Å². The zero-order valence-corrected chi connectivity index (χ0v) is 9.37. The smallest absolute Gasteiger partial charge is 0.0209 e. The minimum atomic E-state index is 0.419. The standard InChI is InChI=1S/C14H19N/c1-14(10-11-6-7-12(14)9-11)13-5-3-2-4-8-15-13/h2-5,8,11-12,15H,6-7,9-10H2,1H3. The second-order valence-corrected chi connectivity index (χ2v) is 5.47. The van der Waals surface area contributed by atoms with E-state index in [1.54, 1.807) is 0 Å². The van der Waals surface area contributed by atoms with Crippen molar-refractivity contribution in [3.05, 3.63) is 36.2 Å². The Morgan fingerprint density at radius 2 is 2.20 bits per heavy atom. The van der Waals surface area contributed by atoms with Gasteiger partial charge in [0.1, 0.15) is 0 Å². The number of allylic oxidation sites excluding steroid dienone is 5. The van der Waals surface area contributed by atoms with E-state index in [4.69, 9.17) is 0 Å². The van der Waals surface area contributed by atoms with Gasteiger partial charge in [-0.1, -0.05) is 25.5 Å². The van der Waals surface area contributed by atoms with Crippen LogP contribution in [-0.4, -0.2) is 0 Å². The van der Waals surface area contributed by atoms with Gasteiger partial charge in [0.2, 0.25) is 0 Å². The Morgan fingerprint density at radius 1 is 1.27 bits per heavy atom. The van der Waals surface area contributed by atoms with Crippen molar-refractivity contribution < 1.29 is 0 Å². The lowest BCUT2D eigenvalue weighted by Crippen LogP contribution is -2.31. The van der Waals surface area contributed by atoms with E-state index in [-0.39, 0.29) is 0 Å². The summed E-state index contributed by atoms with van der Waals surface area (Å²) < 4.78 is 0. The maximum atomic E-state index is 3.47. The molecule has 1 heterocycles. The summed E-state index contributed by atoms with van der Waals surface area (Å²) in [5.74, 6) is 1.92. The Kier molecular flexibility index (Phi) is 2.01. The van der Waals surface area contributed by atoms with Gasteiger partial charge in [0.05, 0.1) is 0 Å². The molecule has 0 saturated heterocycles. The van der Waals surface area contributed by atoms with E-state index in [1.807, 2.05) is 0 Å². The number of nitrogens with one attached hydrogen (secondary N) is 1. The largest absolute Gasteiger partial charge is 0.365 e. The zero-order valence-electron chi connectivity index (χ0n) is 9.37. The van der Waals surface area contributed by atoms with Gasteiger partial charge < -0.3 is 5.32 Å². The van der Waals surface area contributed by atoms with Gasteiger partial charge in [0, 0.05) is 17.3 Å². The Bertz CT molecular complexity index is 350. The summed E-state index contributed by atoms with van der Waals surface area (Å²) in [6.07, 6.45) is 16.4. The molecule has 0 aromatic rings. The van der Waals surface area contributed by atoms with E-state index in [0.717, 1.165) is 11.8 Å². The van der Waals surface area contributed by atoms with E-state index in [9.17, 15) is 0 Å². The molecule has 0 amide bonds. The highest BCUT2D eigenvalue weighted by atomic mass is 14.9. The van der Waals surface area contributed by atoms with Crippen LogP contribution in [0.15, 0.2) is 36.2 Å². The third-order valence-electron chi connectivity index (χ3n) is 4.59. The Hall–Kier alpha value is -0.980. The number of hydrogen-bond donors (Lipinski definition) is 1. The van der Waals surface area contributed by atoms with Crippen LogP contribution in [0.25, 0.3) is 0 Å². The molecule has 2 fully saturated rings. The first-order chi connectivity index (χ1) is 7.29. The molecular formula is C14H19N. The maximum Gasteiger partial charge on any atom is 0.0209 e. The van der Waals surface area contributed by atoms with Gasteiger partial charge in [-0.3, -0.25) is 0 Å². The summed E-state index contributed by atoms with van der Waals surface area (Å²) in [7, 11) is 0. The van der Waals surface area contributed by atoms with Crippen LogP contribution in [-0.2, 0) is 0 Å². The zero-order chi connectivity index (χ0) is 10.3. The molecule has 0 aromatic carbocycles. The summed E-state index contributed by atoms with van der Waals surface area (Å²) in [5, 5.41) is 3.47. The molecule has 80 valence electrons. The first-order valence-electron chi connectivity index (χ1n) is 6.09. The maximum absolute atomic E-state index is 3.47. The molecule has 1 aliphatic heterocycles. The van der Waals surface area contributed by atoms with E-state index in [2.05, 4.69) is 42.7 Å². The van der Waals surface area contributed by atoms with Crippen LogP contribution in [0.3, 0.4) is 0 Å². The fraction of sp³-hybridized carbons (Fsp3) is 0.571. The molecule has 3 rings (SSSR count). The first kappa shape index (κ1) is 9.26. The van der Waals surface area contributed by atoms with Crippen molar-refractivity contribution in [1.82, 2.24) is 5.32 Å². The fourth-order valence-corrected chi connectivity index (χ4v) is 3.75. The monoisotopic (exact) mass is 201 g/mol. The quantitative estimate of drug-likeness (QED) is 0.686. The third-order valence-corrected chi connectivity index (χ3v) is 4.59. The molecule has 2 saturated carbocycles. The van der Waals surface area contributed by atoms with Crippen LogP contribution in [0.4, 0.5) is 0 Å². The highest BCUT2D eigenvalue weighted by Crippen LogP contribution is 2.58. The molecule has 3 aliphatic rings. The summed E-state index contributed by atoms with van der Waals surface area (Å²) in [5.41, 5.74) is 1.85. The number of rotatable bonds is 1. The van der Waals surface area contributed by atoms with E-state index >= 15 is 0 Å². The van der Waals surface area contributed by atoms with E-state index in [0.29, 0.717) is 5.41 Å². The SMILES string of the molecule is CC1(C2=CC=CC=CN2)CC2CCC1C2. The topological polar surface area (TPSA) is 12.0 Å². The molecule has 0 spiro atoms. The third kappa shape index (κ3) is 1.37. The highest BCUT2D eigenvalue weighted by molar-refractivity contribution is 5.28. The van der Waals surface area contributed by atoms with Crippen LogP contribution in [0.1, 0.15) is 32.6 Å². The fourth-order valence-electron chi connectivity index (χ4n) is 3.75. The van der Waals surface area contributed by atoms with E-state index < -0.39 is 0 Å². The second kappa shape index (κ2) is 3.26. The van der Waals surface area contributed by atoms with Gasteiger partial charge in [-0.25, -0.2) is 0 Å². The van der Waals surface area contributed by atoms with Crippen molar-refractivity contribution in [2.75, 3.05) is 0 Å². The van der Waals surface area contributed by atoms with Crippen molar-refractivity contribution in [3.63, 3.8) is 0 Å². The molecule has 2 aliphatic carbocycles. The molecule has 15 heavy (non-hydrogen) atoms. The molecule has 1 N–H and O–H groups in total. The van der Waals surface area contributed by atoms with Gasteiger partial charge in [-0.15, -0.1) is 0 Å². The average molecular weight is 201 g/mol. The van der Waals surface area contributed by atoms with E-state index in [1.165, 1.54) is 31.4 Å². The molecule has 1 heteroatoms. The lowest BCUT2D eigenvalue weighted by atomic mass is 9.72. The van der Waals surface area contributed by atoms with Crippen molar-refractivity contribution in [2.45, 2.75) is 32.6 Å². The highest BCUT2D eigenvalue weighted by Gasteiger charge is 2.49. The normalized spacial score (nSPS) is 42.6. The van der Waals surface area contributed by atoms with Gasteiger partial charge >= 0.3 is 0 Å². The Morgan fingerprint density at radius 3 is 2.93 bits per heavy atom.